The van der Waals surface area contributed by atoms with Crippen molar-refractivity contribution in [2.24, 2.45) is 0 Å². The van der Waals surface area contributed by atoms with Gasteiger partial charge in [-0.3, -0.25) is 4.79 Å². The number of carbonyl (C=O) groups excluding carboxylic acids is 1. The molecule has 1 atom stereocenters. The van der Waals surface area contributed by atoms with E-state index in [2.05, 4.69) is 17.2 Å². The number of phenols is 1. The standard InChI is InChI=1S/C27H27ClN4O2/c1-3-7-19-8-6-13-31(19)27(34)22-15-18(28)14-21(17(22)2)23-16-20(11-12-26(23)33)32-25-10-5-4-9-24(25)29-30-32/h4-5,9-12,14-16,19,33H,3,6-8,13H2,1-2H3. The van der Waals surface area contributed by atoms with Crippen LogP contribution >= 0.6 is 11.6 Å². The summed E-state index contributed by atoms with van der Waals surface area (Å²) in [6.07, 6.45) is 4.12. The first kappa shape index (κ1) is 22.4. The van der Waals surface area contributed by atoms with Crippen LogP contribution in [0.1, 0.15) is 48.5 Å². The molecule has 0 bridgehead atoms. The highest BCUT2D eigenvalue weighted by Crippen LogP contribution is 2.37. The molecule has 1 fully saturated rings. The Morgan fingerprint density at radius 3 is 2.79 bits per heavy atom. The molecule has 0 radical (unpaired) electrons. The Balaban J connectivity index is 1.59. The molecule has 1 aliphatic rings. The highest BCUT2D eigenvalue weighted by Gasteiger charge is 2.30. The van der Waals surface area contributed by atoms with Crippen LogP contribution in [0.25, 0.3) is 27.8 Å². The summed E-state index contributed by atoms with van der Waals surface area (Å²) < 4.78 is 1.74. The number of para-hydroxylation sites is 1. The maximum absolute atomic E-state index is 13.6. The number of aromatic nitrogens is 3. The number of benzene rings is 3. The number of aromatic hydroxyl groups is 1. The molecule has 34 heavy (non-hydrogen) atoms. The Bertz CT molecular complexity index is 1380. The lowest BCUT2D eigenvalue weighted by molar-refractivity contribution is 0.0729. The predicted octanol–water partition coefficient (Wildman–Crippen LogP) is 6.16. The SMILES string of the molecule is CCCC1CCCN1C(=O)c1cc(Cl)cc(-c2cc(-n3nnc4ccccc43)ccc2O)c1C. The van der Waals surface area contributed by atoms with Crippen LogP contribution in [0, 0.1) is 6.92 Å². The molecule has 1 amide bonds. The van der Waals surface area contributed by atoms with Gasteiger partial charge in [0.1, 0.15) is 11.3 Å². The van der Waals surface area contributed by atoms with Crippen LogP contribution in [-0.2, 0) is 0 Å². The van der Waals surface area contributed by atoms with Gasteiger partial charge in [0.2, 0.25) is 0 Å². The van der Waals surface area contributed by atoms with Gasteiger partial charge in [0.05, 0.1) is 11.2 Å². The van der Waals surface area contributed by atoms with Crippen molar-refractivity contribution in [3.05, 3.63) is 70.7 Å². The molecule has 1 unspecified atom stereocenters. The lowest BCUT2D eigenvalue weighted by Gasteiger charge is -2.26. The second kappa shape index (κ2) is 9.11. The summed E-state index contributed by atoms with van der Waals surface area (Å²) in [4.78, 5) is 15.5. The summed E-state index contributed by atoms with van der Waals surface area (Å²) in [5, 5.41) is 19.8. The van der Waals surface area contributed by atoms with E-state index in [1.807, 2.05) is 42.2 Å². The zero-order valence-electron chi connectivity index (χ0n) is 19.3. The summed E-state index contributed by atoms with van der Waals surface area (Å²) in [5.74, 6) is 0.122. The highest BCUT2D eigenvalue weighted by molar-refractivity contribution is 6.31. The van der Waals surface area contributed by atoms with Crippen LogP contribution in [0.5, 0.6) is 5.75 Å². The van der Waals surface area contributed by atoms with Gasteiger partial charge in [-0.1, -0.05) is 42.3 Å². The first-order valence-electron chi connectivity index (χ1n) is 11.7. The normalized spacial score (nSPS) is 15.9. The molecule has 0 aliphatic carbocycles. The van der Waals surface area contributed by atoms with Gasteiger partial charge in [-0.2, -0.15) is 0 Å². The van der Waals surface area contributed by atoms with Gasteiger partial charge < -0.3 is 10.0 Å². The summed E-state index contributed by atoms with van der Waals surface area (Å²) in [6.45, 7) is 4.84. The zero-order valence-corrected chi connectivity index (χ0v) is 20.1. The van der Waals surface area contributed by atoms with E-state index in [0.717, 1.165) is 60.1 Å². The van der Waals surface area contributed by atoms with Crippen LogP contribution < -0.4 is 0 Å². The molecular formula is C27H27ClN4O2. The lowest BCUT2D eigenvalue weighted by atomic mass is 9.94. The summed E-state index contributed by atoms with van der Waals surface area (Å²) in [7, 11) is 0. The first-order valence-corrected chi connectivity index (χ1v) is 12.1. The summed E-state index contributed by atoms with van der Waals surface area (Å²) >= 11 is 6.51. The van der Waals surface area contributed by atoms with Crippen molar-refractivity contribution >= 4 is 28.5 Å². The Labute approximate surface area is 203 Å². The zero-order chi connectivity index (χ0) is 23.8. The van der Waals surface area contributed by atoms with Crippen molar-refractivity contribution in [1.29, 1.82) is 0 Å². The average molecular weight is 475 g/mol. The third-order valence-electron chi connectivity index (χ3n) is 6.73. The van der Waals surface area contributed by atoms with Crippen LogP contribution in [0.4, 0.5) is 0 Å². The molecule has 3 aromatic carbocycles. The Morgan fingerprint density at radius 2 is 1.97 bits per heavy atom. The molecule has 1 aromatic heterocycles. The van der Waals surface area contributed by atoms with Crippen LogP contribution in [-0.4, -0.2) is 43.5 Å². The van der Waals surface area contributed by atoms with E-state index in [1.165, 1.54) is 0 Å². The van der Waals surface area contributed by atoms with Gasteiger partial charge >= 0.3 is 0 Å². The van der Waals surface area contributed by atoms with Crippen molar-refractivity contribution in [2.75, 3.05) is 6.54 Å². The van der Waals surface area contributed by atoms with Crippen molar-refractivity contribution < 1.29 is 9.90 Å². The highest BCUT2D eigenvalue weighted by atomic mass is 35.5. The molecule has 2 heterocycles. The lowest BCUT2D eigenvalue weighted by Crippen LogP contribution is -2.35. The largest absolute Gasteiger partial charge is 0.507 e. The summed E-state index contributed by atoms with van der Waals surface area (Å²) in [5.41, 5.74) is 5.12. The fraction of sp³-hybridized carbons (Fsp3) is 0.296. The number of fused-ring (bicyclic) bond motifs is 1. The topological polar surface area (TPSA) is 71.2 Å². The van der Waals surface area contributed by atoms with E-state index in [-0.39, 0.29) is 17.7 Å². The number of carbonyl (C=O) groups is 1. The molecule has 1 N–H and O–H groups in total. The molecule has 0 spiro atoms. The van der Waals surface area contributed by atoms with Crippen molar-refractivity contribution in [3.63, 3.8) is 0 Å². The third kappa shape index (κ3) is 3.92. The molecule has 6 nitrogen and oxygen atoms in total. The van der Waals surface area contributed by atoms with E-state index >= 15 is 0 Å². The van der Waals surface area contributed by atoms with E-state index in [4.69, 9.17) is 11.6 Å². The fourth-order valence-electron chi connectivity index (χ4n) is 5.00. The van der Waals surface area contributed by atoms with E-state index in [9.17, 15) is 9.90 Å². The van der Waals surface area contributed by atoms with Crippen molar-refractivity contribution in [3.8, 4) is 22.6 Å². The minimum atomic E-state index is 0.00937. The Morgan fingerprint density at radius 1 is 1.15 bits per heavy atom. The number of nitrogens with zero attached hydrogens (tertiary/aromatic N) is 4. The fourth-order valence-corrected chi connectivity index (χ4v) is 5.22. The van der Waals surface area contributed by atoms with Crippen molar-refractivity contribution in [2.45, 2.75) is 45.6 Å². The number of phenolic OH excluding ortho intramolecular Hbond substituents is 1. The van der Waals surface area contributed by atoms with Gasteiger partial charge in [0, 0.05) is 28.7 Å². The predicted molar refractivity (Wildman–Crippen MR) is 135 cm³/mol. The number of hydrogen-bond donors (Lipinski definition) is 1. The van der Waals surface area contributed by atoms with E-state index in [1.54, 1.807) is 28.9 Å². The average Bonchev–Trinajstić information content (AvgIpc) is 3.48. The second-order valence-corrected chi connectivity index (χ2v) is 9.34. The molecule has 174 valence electrons. The summed E-state index contributed by atoms with van der Waals surface area (Å²) in [6, 6.07) is 16.8. The second-order valence-electron chi connectivity index (χ2n) is 8.90. The van der Waals surface area contributed by atoms with Crippen molar-refractivity contribution in [1.82, 2.24) is 19.9 Å². The number of hydrogen-bond acceptors (Lipinski definition) is 4. The molecule has 0 saturated carbocycles. The molecule has 1 aliphatic heterocycles. The van der Waals surface area contributed by atoms with Crippen LogP contribution in [0.2, 0.25) is 5.02 Å². The van der Waals surface area contributed by atoms with Gasteiger partial charge in [0.15, 0.2) is 0 Å². The molecule has 5 rings (SSSR count). The van der Waals surface area contributed by atoms with Crippen LogP contribution in [0.15, 0.2) is 54.6 Å². The smallest absolute Gasteiger partial charge is 0.254 e. The minimum absolute atomic E-state index is 0.00937. The molecule has 4 aromatic rings. The molecule has 7 heteroatoms. The third-order valence-corrected chi connectivity index (χ3v) is 6.95. The van der Waals surface area contributed by atoms with Crippen LogP contribution in [0.3, 0.4) is 0 Å². The maximum Gasteiger partial charge on any atom is 0.254 e. The Hall–Kier alpha value is -3.38. The Kier molecular flexibility index (Phi) is 6.00. The van der Waals surface area contributed by atoms with Gasteiger partial charge in [-0.15, -0.1) is 5.10 Å². The number of rotatable bonds is 5. The van der Waals surface area contributed by atoms with Gasteiger partial charge in [-0.05, 0) is 79.8 Å². The van der Waals surface area contributed by atoms with Gasteiger partial charge in [-0.25, -0.2) is 4.68 Å². The first-order chi connectivity index (χ1) is 16.5. The number of halogens is 1. The quantitative estimate of drug-likeness (QED) is 0.376. The minimum Gasteiger partial charge on any atom is -0.507 e. The maximum atomic E-state index is 13.6. The number of likely N-dealkylation sites (tertiary alicyclic amines) is 1. The molecular weight excluding hydrogens is 448 g/mol. The monoisotopic (exact) mass is 474 g/mol. The van der Waals surface area contributed by atoms with Gasteiger partial charge in [0.25, 0.3) is 5.91 Å². The number of amides is 1. The van der Waals surface area contributed by atoms with E-state index < -0.39 is 0 Å². The molecule has 1 saturated heterocycles. The van der Waals surface area contributed by atoms with E-state index in [0.29, 0.717) is 16.1 Å².